The Morgan fingerprint density at radius 2 is 1.97 bits per heavy atom. The van der Waals surface area contributed by atoms with Crippen LogP contribution < -0.4 is 5.32 Å². The molecular weight excluding hydrogens is 382 g/mol. The number of anilines is 1. The summed E-state index contributed by atoms with van der Waals surface area (Å²) in [5.41, 5.74) is 2.15. The third-order valence-electron chi connectivity index (χ3n) is 6.01. The predicted molar refractivity (Wildman–Crippen MR) is 114 cm³/mol. The van der Waals surface area contributed by atoms with Crippen LogP contribution in [0.1, 0.15) is 18.4 Å². The van der Waals surface area contributed by atoms with Gasteiger partial charge in [-0.25, -0.2) is 0 Å². The number of nitrogens with one attached hydrogen (secondary N) is 1. The van der Waals surface area contributed by atoms with E-state index in [1.54, 1.807) is 12.4 Å². The Morgan fingerprint density at radius 3 is 2.63 bits per heavy atom. The molecule has 7 heteroatoms. The van der Waals surface area contributed by atoms with Gasteiger partial charge >= 0.3 is 0 Å². The number of rotatable bonds is 5. The minimum absolute atomic E-state index is 0.00243. The maximum absolute atomic E-state index is 13.1. The largest absolute Gasteiger partial charge is 0.483 e. The van der Waals surface area contributed by atoms with Crippen molar-refractivity contribution in [3.63, 3.8) is 0 Å². The molecular formula is C23H29N3O4. The van der Waals surface area contributed by atoms with Gasteiger partial charge in [0.05, 0.1) is 17.8 Å². The highest BCUT2D eigenvalue weighted by molar-refractivity contribution is 5.93. The monoisotopic (exact) mass is 411 g/mol. The van der Waals surface area contributed by atoms with Crippen molar-refractivity contribution in [1.29, 1.82) is 0 Å². The second kappa shape index (κ2) is 10.8. The van der Waals surface area contributed by atoms with Gasteiger partial charge in [0.15, 0.2) is 0 Å². The van der Waals surface area contributed by atoms with Gasteiger partial charge in [-0.2, -0.15) is 0 Å². The number of carboxylic acid groups (broad SMARTS) is 1. The number of pyridine rings is 1. The van der Waals surface area contributed by atoms with E-state index in [0.717, 1.165) is 57.8 Å². The molecule has 0 aliphatic carbocycles. The summed E-state index contributed by atoms with van der Waals surface area (Å²) in [5, 5.41) is 9.97. The van der Waals surface area contributed by atoms with E-state index in [1.165, 1.54) is 5.56 Å². The van der Waals surface area contributed by atoms with Crippen LogP contribution in [0.4, 0.5) is 5.69 Å². The average molecular weight is 412 g/mol. The van der Waals surface area contributed by atoms with Crippen molar-refractivity contribution in [2.45, 2.75) is 19.3 Å². The molecule has 0 radical (unpaired) electrons. The van der Waals surface area contributed by atoms with Gasteiger partial charge < -0.3 is 20.1 Å². The molecule has 1 atom stereocenters. The molecule has 160 valence electrons. The molecule has 2 aliphatic heterocycles. The number of aromatic nitrogens is 1. The molecule has 2 aromatic rings. The van der Waals surface area contributed by atoms with Crippen molar-refractivity contribution in [3.05, 3.63) is 60.4 Å². The van der Waals surface area contributed by atoms with Gasteiger partial charge in [-0.1, -0.05) is 30.3 Å². The number of hydrogen-bond acceptors (Lipinski definition) is 5. The van der Waals surface area contributed by atoms with Crippen LogP contribution in [0.5, 0.6) is 0 Å². The third kappa shape index (κ3) is 5.64. The lowest BCUT2D eigenvalue weighted by atomic mass is 9.71. The molecule has 0 bridgehead atoms. The van der Waals surface area contributed by atoms with Crippen molar-refractivity contribution >= 4 is 18.1 Å². The second-order valence-corrected chi connectivity index (χ2v) is 7.83. The lowest BCUT2D eigenvalue weighted by molar-refractivity contribution is -0.125. The van der Waals surface area contributed by atoms with Gasteiger partial charge in [0, 0.05) is 44.5 Å². The highest BCUT2D eigenvalue weighted by atomic mass is 16.5. The van der Waals surface area contributed by atoms with E-state index in [4.69, 9.17) is 14.6 Å². The molecule has 2 N–H and O–H groups in total. The van der Waals surface area contributed by atoms with Crippen LogP contribution in [0.25, 0.3) is 0 Å². The van der Waals surface area contributed by atoms with E-state index in [9.17, 15) is 4.79 Å². The minimum atomic E-state index is -0.250. The van der Waals surface area contributed by atoms with E-state index in [-0.39, 0.29) is 23.7 Å². The Hall–Kier alpha value is -2.77. The number of benzene rings is 1. The van der Waals surface area contributed by atoms with Crippen molar-refractivity contribution < 1.29 is 19.4 Å². The van der Waals surface area contributed by atoms with E-state index in [2.05, 4.69) is 45.5 Å². The van der Waals surface area contributed by atoms with E-state index in [0.29, 0.717) is 0 Å². The normalized spacial score (nSPS) is 20.2. The molecule has 1 aromatic carbocycles. The summed E-state index contributed by atoms with van der Waals surface area (Å²) < 4.78 is 5.61. The summed E-state index contributed by atoms with van der Waals surface area (Å²) in [6.45, 7) is 4.04. The molecule has 1 spiro atoms. The summed E-state index contributed by atoms with van der Waals surface area (Å²) in [7, 11) is 0. The molecule has 1 aromatic heterocycles. The average Bonchev–Trinajstić information content (AvgIpc) is 3.12. The zero-order valence-corrected chi connectivity index (χ0v) is 17.1. The fourth-order valence-corrected chi connectivity index (χ4v) is 4.49. The standard InChI is InChI=1S/C22H27N3O2.CH2O2/c26-21(24-19-7-4-11-23-15-19)20-16-25(12-8-18-5-2-1-3-6-18)17-22(20)9-13-27-14-10-22;2-1-3/h1-7,11,15,20H,8-10,12-14,16-17H2,(H,24,26);1H,(H,2,3). The number of nitrogens with zero attached hydrogens (tertiary/aromatic N) is 2. The topological polar surface area (TPSA) is 91.8 Å². The zero-order chi connectivity index (χ0) is 21.2. The SMILES string of the molecule is O=C(Nc1cccnc1)C1CN(CCc2ccccc2)CC12CCOCC2.O=CO. The smallest absolute Gasteiger partial charge is 0.290 e. The lowest BCUT2D eigenvalue weighted by Gasteiger charge is -2.37. The first-order chi connectivity index (χ1) is 14.7. The first kappa shape index (κ1) is 21.9. The van der Waals surface area contributed by atoms with Gasteiger partial charge in [-0.3, -0.25) is 14.6 Å². The van der Waals surface area contributed by atoms with E-state index >= 15 is 0 Å². The van der Waals surface area contributed by atoms with Crippen LogP contribution in [-0.2, 0) is 20.7 Å². The number of ether oxygens (including phenoxy) is 1. The fraction of sp³-hybridized carbons (Fsp3) is 0.435. The molecule has 2 aliphatic rings. The third-order valence-corrected chi connectivity index (χ3v) is 6.01. The van der Waals surface area contributed by atoms with Crippen LogP contribution in [0.3, 0.4) is 0 Å². The number of likely N-dealkylation sites (tertiary alicyclic amines) is 1. The maximum atomic E-state index is 13.1. The van der Waals surface area contributed by atoms with Gasteiger partial charge in [0.1, 0.15) is 0 Å². The summed E-state index contributed by atoms with van der Waals surface area (Å²) in [5.74, 6) is 0.115. The van der Waals surface area contributed by atoms with Crippen LogP contribution in [0.2, 0.25) is 0 Å². The fourth-order valence-electron chi connectivity index (χ4n) is 4.49. The van der Waals surface area contributed by atoms with Gasteiger partial charge in [0.2, 0.25) is 5.91 Å². The van der Waals surface area contributed by atoms with E-state index < -0.39 is 0 Å². The Balaban J connectivity index is 0.000000806. The number of hydrogen-bond donors (Lipinski definition) is 2. The zero-order valence-electron chi connectivity index (χ0n) is 17.1. The molecule has 1 unspecified atom stereocenters. The molecule has 7 nitrogen and oxygen atoms in total. The van der Waals surface area contributed by atoms with Crippen LogP contribution in [0.15, 0.2) is 54.9 Å². The van der Waals surface area contributed by atoms with Crippen LogP contribution in [0, 0.1) is 11.3 Å². The molecule has 0 saturated carbocycles. The number of amides is 1. The quantitative estimate of drug-likeness (QED) is 0.735. The van der Waals surface area contributed by atoms with Crippen molar-refractivity contribution in [2.24, 2.45) is 11.3 Å². The van der Waals surface area contributed by atoms with Gasteiger partial charge in [-0.15, -0.1) is 0 Å². The predicted octanol–water partition coefficient (Wildman–Crippen LogP) is 2.69. The first-order valence-electron chi connectivity index (χ1n) is 10.3. The van der Waals surface area contributed by atoms with E-state index in [1.807, 2.05) is 12.1 Å². The molecule has 2 fully saturated rings. The van der Waals surface area contributed by atoms with Crippen LogP contribution >= 0.6 is 0 Å². The Labute approximate surface area is 177 Å². The highest BCUT2D eigenvalue weighted by Crippen LogP contribution is 2.44. The summed E-state index contributed by atoms with van der Waals surface area (Å²) in [6, 6.07) is 14.3. The minimum Gasteiger partial charge on any atom is -0.483 e. The Morgan fingerprint density at radius 1 is 1.23 bits per heavy atom. The van der Waals surface area contributed by atoms with Crippen LogP contribution in [-0.4, -0.2) is 60.2 Å². The second-order valence-electron chi connectivity index (χ2n) is 7.83. The molecule has 4 rings (SSSR count). The summed E-state index contributed by atoms with van der Waals surface area (Å²) in [4.78, 5) is 28.0. The van der Waals surface area contributed by atoms with Crippen molar-refractivity contribution in [3.8, 4) is 0 Å². The summed E-state index contributed by atoms with van der Waals surface area (Å²) in [6.07, 6.45) is 6.36. The van der Waals surface area contributed by atoms with Crippen molar-refractivity contribution in [2.75, 3.05) is 38.2 Å². The molecule has 2 saturated heterocycles. The number of carbonyl (C=O) groups is 2. The molecule has 3 heterocycles. The molecule has 1 amide bonds. The van der Waals surface area contributed by atoms with Gasteiger partial charge in [0.25, 0.3) is 6.47 Å². The summed E-state index contributed by atoms with van der Waals surface area (Å²) >= 11 is 0. The Kier molecular flexibility index (Phi) is 7.93. The van der Waals surface area contributed by atoms with Gasteiger partial charge in [-0.05, 0) is 37.0 Å². The maximum Gasteiger partial charge on any atom is 0.290 e. The highest BCUT2D eigenvalue weighted by Gasteiger charge is 2.50. The number of carbonyl (C=O) groups excluding carboxylic acids is 1. The first-order valence-corrected chi connectivity index (χ1v) is 10.3. The molecule has 30 heavy (non-hydrogen) atoms. The van der Waals surface area contributed by atoms with Crippen molar-refractivity contribution in [1.82, 2.24) is 9.88 Å². The lowest BCUT2D eigenvalue weighted by Crippen LogP contribution is -2.42. The Bertz CT molecular complexity index is 795.